The number of nitrogens with one attached hydrogen (secondary N) is 1. The monoisotopic (exact) mass is 261 g/mol. The molecule has 1 fully saturated rings. The third-order valence-electron chi connectivity index (χ3n) is 3.09. The molecular weight excluding hydrogens is 242 g/mol. The van der Waals surface area contributed by atoms with Crippen LogP contribution in [0.4, 0.5) is 5.95 Å². The molecule has 2 rings (SSSR count). The van der Waals surface area contributed by atoms with Crippen molar-refractivity contribution in [3.8, 4) is 0 Å². The molecule has 1 amide bonds. The minimum absolute atomic E-state index is 0.00312. The lowest BCUT2D eigenvalue weighted by Gasteiger charge is -2.32. The summed E-state index contributed by atoms with van der Waals surface area (Å²) in [5.74, 6) is 0.512. The standard InChI is InChI=1S/C13H19N5O/c1-3-4-14-13-15-9-11(10-16-13)12(19)18-7-5-17(2)6-8-18/h3,9-10H,1,4-8H2,2H3,(H,14,15,16). The Labute approximate surface area is 113 Å². The van der Waals surface area contributed by atoms with Crippen LogP contribution >= 0.6 is 0 Å². The molecule has 6 nitrogen and oxygen atoms in total. The Bertz CT molecular complexity index is 437. The number of nitrogens with zero attached hydrogens (tertiary/aromatic N) is 4. The number of carbonyl (C=O) groups is 1. The molecule has 1 aliphatic heterocycles. The molecule has 1 aromatic rings. The summed E-state index contributed by atoms with van der Waals surface area (Å²) >= 11 is 0. The van der Waals surface area contributed by atoms with Gasteiger partial charge in [0.25, 0.3) is 5.91 Å². The quantitative estimate of drug-likeness (QED) is 0.798. The predicted molar refractivity (Wildman–Crippen MR) is 74.1 cm³/mol. The zero-order chi connectivity index (χ0) is 13.7. The van der Waals surface area contributed by atoms with Gasteiger partial charge in [-0.25, -0.2) is 9.97 Å². The molecule has 102 valence electrons. The van der Waals surface area contributed by atoms with Crippen LogP contribution in [-0.2, 0) is 0 Å². The van der Waals surface area contributed by atoms with E-state index < -0.39 is 0 Å². The fourth-order valence-electron chi connectivity index (χ4n) is 1.89. The normalized spacial score (nSPS) is 16.2. The Balaban J connectivity index is 1.97. The molecule has 0 radical (unpaired) electrons. The number of likely N-dealkylation sites (N-methyl/N-ethyl adjacent to an activating group) is 1. The van der Waals surface area contributed by atoms with Crippen molar-refractivity contribution in [2.45, 2.75) is 0 Å². The first kappa shape index (κ1) is 13.5. The van der Waals surface area contributed by atoms with Gasteiger partial charge >= 0.3 is 0 Å². The maximum atomic E-state index is 12.2. The molecule has 0 aliphatic carbocycles. The summed E-state index contributed by atoms with van der Waals surface area (Å²) in [6, 6.07) is 0. The number of hydrogen-bond acceptors (Lipinski definition) is 5. The van der Waals surface area contributed by atoms with E-state index >= 15 is 0 Å². The molecule has 0 saturated carbocycles. The van der Waals surface area contributed by atoms with Gasteiger partial charge in [0.1, 0.15) is 0 Å². The second kappa shape index (κ2) is 6.29. The molecule has 1 saturated heterocycles. The lowest BCUT2D eigenvalue weighted by molar-refractivity contribution is 0.0663. The van der Waals surface area contributed by atoms with E-state index in [2.05, 4.69) is 33.8 Å². The van der Waals surface area contributed by atoms with Gasteiger partial charge in [0.2, 0.25) is 5.95 Å². The Morgan fingerprint density at radius 1 is 1.37 bits per heavy atom. The lowest BCUT2D eigenvalue weighted by Crippen LogP contribution is -2.47. The zero-order valence-electron chi connectivity index (χ0n) is 11.2. The van der Waals surface area contributed by atoms with E-state index in [0.29, 0.717) is 18.1 Å². The van der Waals surface area contributed by atoms with Crippen molar-refractivity contribution in [3.63, 3.8) is 0 Å². The first-order valence-electron chi connectivity index (χ1n) is 6.35. The fourth-order valence-corrected chi connectivity index (χ4v) is 1.89. The van der Waals surface area contributed by atoms with Gasteiger partial charge in [-0.15, -0.1) is 6.58 Å². The Hall–Kier alpha value is -1.95. The number of amides is 1. The second-order valence-corrected chi connectivity index (χ2v) is 4.56. The lowest BCUT2D eigenvalue weighted by atomic mass is 10.2. The Morgan fingerprint density at radius 2 is 2.00 bits per heavy atom. The van der Waals surface area contributed by atoms with E-state index in [1.807, 2.05) is 4.90 Å². The maximum absolute atomic E-state index is 12.2. The molecule has 1 aromatic heterocycles. The molecule has 19 heavy (non-hydrogen) atoms. The van der Waals surface area contributed by atoms with E-state index in [-0.39, 0.29) is 5.91 Å². The molecule has 0 atom stereocenters. The molecule has 0 spiro atoms. The van der Waals surface area contributed by atoms with Crippen LogP contribution in [0, 0.1) is 0 Å². The topological polar surface area (TPSA) is 61.4 Å². The summed E-state index contributed by atoms with van der Waals surface area (Å²) in [5.41, 5.74) is 0.536. The van der Waals surface area contributed by atoms with E-state index in [9.17, 15) is 4.79 Å². The molecule has 0 aromatic carbocycles. The van der Waals surface area contributed by atoms with Crippen molar-refractivity contribution >= 4 is 11.9 Å². The van der Waals surface area contributed by atoms with Crippen LogP contribution in [0.3, 0.4) is 0 Å². The molecule has 1 N–H and O–H groups in total. The SMILES string of the molecule is C=CCNc1ncc(C(=O)N2CCN(C)CC2)cn1. The van der Waals surface area contributed by atoms with Crippen molar-refractivity contribution in [1.29, 1.82) is 0 Å². The van der Waals surface area contributed by atoms with Crippen LogP contribution in [0.5, 0.6) is 0 Å². The average Bonchev–Trinajstić information content (AvgIpc) is 2.46. The molecule has 6 heteroatoms. The maximum Gasteiger partial charge on any atom is 0.257 e. The number of piperazine rings is 1. The molecule has 1 aliphatic rings. The third kappa shape index (κ3) is 3.51. The van der Waals surface area contributed by atoms with E-state index in [0.717, 1.165) is 26.2 Å². The Kier molecular flexibility index (Phi) is 4.46. The Morgan fingerprint density at radius 3 is 2.58 bits per heavy atom. The van der Waals surface area contributed by atoms with Crippen LogP contribution in [0.2, 0.25) is 0 Å². The number of hydrogen-bond donors (Lipinski definition) is 1. The molecular formula is C13H19N5O. The van der Waals surface area contributed by atoms with Crippen molar-refractivity contribution in [2.24, 2.45) is 0 Å². The van der Waals surface area contributed by atoms with Crippen molar-refractivity contribution in [2.75, 3.05) is 45.1 Å². The summed E-state index contributed by atoms with van der Waals surface area (Å²) in [4.78, 5) is 24.5. The summed E-state index contributed by atoms with van der Waals surface area (Å²) < 4.78 is 0. The van der Waals surface area contributed by atoms with Gasteiger partial charge in [-0.3, -0.25) is 4.79 Å². The number of rotatable bonds is 4. The third-order valence-corrected chi connectivity index (χ3v) is 3.09. The number of carbonyl (C=O) groups excluding carboxylic acids is 1. The van der Waals surface area contributed by atoms with E-state index in [1.165, 1.54) is 0 Å². The van der Waals surface area contributed by atoms with E-state index in [1.54, 1.807) is 18.5 Å². The minimum atomic E-state index is 0.00312. The molecule has 0 bridgehead atoms. The zero-order valence-corrected chi connectivity index (χ0v) is 11.2. The van der Waals surface area contributed by atoms with Gasteiger partial charge in [-0.1, -0.05) is 6.08 Å². The van der Waals surface area contributed by atoms with Crippen LogP contribution in [-0.4, -0.2) is 65.4 Å². The van der Waals surface area contributed by atoms with E-state index in [4.69, 9.17) is 0 Å². The summed E-state index contributed by atoms with van der Waals surface area (Å²) in [7, 11) is 2.06. The molecule has 2 heterocycles. The van der Waals surface area contributed by atoms with Gasteiger partial charge in [-0.05, 0) is 7.05 Å². The van der Waals surface area contributed by atoms with Gasteiger partial charge < -0.3 is 15.1 Å². The van der Waals surface area contributed by atoms with Gasteiger partial charge in [0, 0.05) is 45.1 Å². The minimum Gasteiger partial charge on any atom is -0.351 e. The summed E-state index contributed by atoms with van der Waals surface area (Å²) in [6.07, 6.45) is 4.87. The fraction of sp³-hybridized carbons (Fsp3) is 0.462. The van der Waals surface area contributed by atoms with Crippen LogP contribution in [0.15, 0.2) is 25.0 Å². The van der Waals surface area contributed by atoms with Crippen molar-refractivity contribution in [3.05, 3.63) is 30.6 Å². The van der Waals surface area contributed by atoms with Gasteiger partial charge in [-0.2, -0.15) is 0 Å². The average molecular weight is 261 g/mol. The van der Waals surface area contributed by atoms with Crippen LogP contribution in [0.25, 0.3) is 0 Å². The number of aromatic nitrogens is 2. The van der Waals surface area contributed by atoms with Crippen LogP contribution in [0.1, 0.15) is 10.4 Å². The highest BCUT2D eigenvalue weighted by Gasteiger charge is 2.20. The smallest absolute Gasteiger partial charge is 0.257 e. The summed E-state index contributed by atoms with van der Waals surface area (Å²) in [6.45, 7) is 7.54. The second-order valence-electron chi connectivity index (χ2n) is 4.56. The highest BCUT2D eigenvalue weighted by Crippen LogP contribution is 2.07. The predicted octanol–water partition coefficient (Wildman–Crippen LogP) is 0.462. The highest BCUT2D eigenvalue weighted by atomic mass is 16.2. The first-order valence-corrected chi connectivity index (χ1v) is 6.35. The molecule has 0 unspecified atom stereocenters. The number of anilines is 1. The van der Waals surface area contributed by atoms with Gasteiger partial charge in [0.15, 0.2) is 0 Å². The van der Waals surface area contributed by atoms with Crippen molar-refractivity contribution in [1.82, 2.24) is 19.8 Å². The summed E-state index contributed by atoms with van der Waals surface area (Å²) in [5, 5.41) is 2.97. The van der Waals surface area contributed by atoms with Crippen LogP contribution < -0.4 is 5.32 Å². The highest BCUT2D eigenvalue weighted by molar-refractivity contribution is 5.93. The largest absolute Gasteiger partial charge is 0.351 e. The first-order chi connectivity index (χ1) is 9.20. The van der Waals surface area contributed by atoms with Crippen molar-refractivity contribution < 1.29 is 4.79 Å². The van der Waals surface area contributed by atoms with Gasteiger partial charge in [0.05, 0.1) is 5.56 Å².